The van der Waals surface area contributed by atoms with Crippen LogP contribution < -0.4 is 0 Å². The van der Waals surface area contributed by atoms with Gasteiger partial charge in [-0.05, 0) is 48.4 Å². The average Bonchev–Trinajstić information content (AvgIpc) is 3.43. The third-order valence-electron chi connectivity index (χ3n) is 5.46. The van der Waals surface area contributed by atoms with E-state index in [1.807, 2.05) is 55.5 Å². The number of carboxylic acid groups (broad SMARTS) is 1. The van der Waals surface area contributed by atoms with E-state index in [-0.39, 0.29) is 5.41 Å². The Morgan fingerprint density at radius 3 is 2.25 bits per heavy atom. The summed E-state index contributed by atoms with van der Waals surface area (Å²) in [6, 6.07) is 17.3. The molecule has 146 valence electrons. The van der Waals surface area contributed by atoms with Gasteiger partial charge in [-0.3, -0.25) is 4.79 Å². The molecule has 0 saturated heterocycles. The van der Waals surface area contributed by atoms with E-state index in [0.717, 1.165) is 5.56 Å². The summed E-state index contributed by atoms with van der Waals surface area (Å²) in [6.45, 7) is 8.82. The van der Waals surface area contributed by atoms with Gasteiger partial charge in [-0.25, -0.2) is 0 Å². The molecule has 0 heterocycles. The van der Waals surface area contributed by atoms with Gasteiger partial charge in [0.1, 0.15) is 0 Å². The smallest absolute Gasteiger partial charge is 0.329 e. The van der Waals surface area contributed by atoms with Crippen LogP contribution in [0.15, 0.2) is 54.6 Å². The predicted molar refractivity (Wildman–Crippen MR) is 111 cm³/mol. The molecule has 2 aromatic carbocycles. The third-order valence-corrected chi connectivity index (χ3v) is 5.46. The van der Waals surface area contributed by atoms with Crippen molar-refractivity contribution in [3.05, 3.63) is 71.3 Å². The summed E-state index contributed by atoms with van der Waals surface area (Å²) in [7, 11) is 0. The predicted octanol–water partition coefficient (Wildman–Crippen LogP) is 4.93. The summed E-state index contributed by atoms with van der Waals surface area (Å²) in [4.78, 5) is 12.6. The lowest BCUT2D eigenvalue weighted by atomic mass is 9.73. The Balaban J connectivity index is 2.15. The number of benzene rings is 2. The van der Waals surface area contributed by atoms with Crippen LogP contribution in [0.2, 0.25) is 0 Å². The first-order chi connectivity index (χ1) is 13.2. The molecule has 0 aromatic heterocycles. The molecule has 28 heavy (non-hydrogen) atoms. The van der Waals surface area contributed by atoms with Crippen molar-refractivity contribution in [1.82, 2.24) is 0 Å². The van der Waals surface area contributed by atoms with Gasteiger partial charge < -0.3 is 9.84 Å². The highest BCUT2D eigenvalue weighted by molar-refractivity contribution is 5.89. The number of hydrogen-bond donors (Lipinski definition) is 1. The zero-order chi connectivity index (χ0) is 20.4. The third kappa shape index (κ3) is 3.57. The Morgan fingerprint density at radius 2 is 1.71 bits per heavy atom. The van der Waals surface area contributed by atoms with Gasteiger partial charge in [-0.15, -0.1) is 0 Å². The summed E-state index contributed by atoms with van der Waals surface area (Å²) < 4.78 is 6.00. The van der Waals surface area contributed by atoms with Crippen LogP contribution in [0.4, 0.5) is 0 Å². The largest absolute Gasteiger partial charge is 0.480 e. The highest BCUT2D eigenvalue weighted by Crippen LogP contribution is 2.54. The van der Waals surface area contributed by atoms with E-state index < -0.39 is 17.0 Å². The molecule has 1 fully saturated rings. The van der Waals surface area contributed by atoms with Gasteiger partial charge in [-0.2, -0.15) is 0 Å². The van der Waals surface area contributed by atoms with E-state index in [1.54, 1.807) is 0 Å². The van der Waals surface area contributed by atoms with Crippen molar-refractivity contribution in [2.75, 3.05) is 6.61 Å². The highest BCUT2D eigenvalue weighted by Gasteiger charge is 2.65. The maximum atomic E-state index is 12.6. The lowest BCUT2D eigenvalue weighted by Gasteiger charge is -2.33. The van der Waals surface area contributed by atoms with E-state index in [9.17, 15) is 9.90 Å². The molecule has 0 amide bonds. The van der Waals surface area contributed by atoms with E-state index >= 15 is 0 Å². The zero-order valence-corrected chi connectivity index (χ0v) is 17.1. The van der Waals surface area contributed by atoms with Gasteiger partial charge in [0.2, 0.25) is 0 Å². The Labute approximate surface area is 167 Å². The lowest BCUT2D eigenvalue weighted by molar-refractivity contribution is -0.148. The van der Waals surface area contributed by atoms with Crippen LogP contribution in [0.1, 0.15) is 57.2 Å². The second kappa shape index (κ2) is 7.45. The molecule has 1 unspecified atom stereocenters. The van der Waals surface area contributed by atoms with Gasteiger partial charge in [0.25, 0.3) is 0 Å². The molecule has 3 nitrogen and oxygen atoms in total. The second-order valence-corrected chi connectivity index (χ2v) is 8.43. The van der Waals surface area contributed by atoms with Crippen LogP contribution in [-0.2, 0) is 20.4 Å². The molecule has 1 saturated carbocycles. The van der Waals surface area contributed by atoms with E-state index in [2.05, 4.69) is 38.7 Å². The molecular formula is C25H28O3. The van der Waals surface area contributed by atoms with Crippen LogP contribution in [0.25, 0.3) is 0 Å². The van der Waals surface area contributed by atoms with E-state index in [1.165, 1.54) is 5.56 Å². The molecule has 2 aromatic rings. The molecule has 1 N–H and O–H groups in total. The Morgan fingerprint density at radius 1 is 1.07 bits per heavy atom. The van der Waals surface area contributed by atoms with Crippen LogP contribution in [0.3, 0.4) is 0 Å². The van der Waals surface area contributed by atoms with Crippen LogP contribution in [0.5, 0.6) is 0 Å². The number of rotatable bonds is 5. The average molecular weight is 376 g/mol. The maximum Gasteiger partial charge on any atom is 0.329 e. The fourth-order valence-corrected chi connectivity index (χ4v) is 3.76. The van der Waals surface area contributed by atoms with Crippen LogP contribution in [-0.4, -0.2) is 23.3 Å². The van der Waals surface area contributed by atoms with Crippen molar-refractivity contribution in [3.63, 3.8) is 0 Å². The quantitative estimate of drug-likeness (QED) is 0.753. The fraction of sp³-hybridized carbons (Fsp3) is 0.400. The van der Waals surface area contributed by atoms with Crippen molar-refractivity contribution in [3.8, 4) is 11.8 Å². The minimum Gasteiger partial charge on any atom is -0.480 e. The van der Waals surface area contributed by atoms with Gasteiger partial charge in [0, 0.05) is 12.2 Å². The van der Waals surface area contributed by atoms with E-state index in [0.29, 0.717) is 25.0 Å². The molecule has 3 rings (SSSR count). The summed E-state index contributed by atoms with van der Waals surface area (Å²) in [5, 5.41) is 10.4. The fourth-order valence-electron chi connectivity index (χ4n) is 3.76. The zero-order valence-electron chi connectivity index (χ0n) is 17.1. The van der Waals surface area contributed by atoms with E-state index in [4.69, 9.17) is 4.74 Å². The summed E-state index contributed by atoms with van der Waals surface area (Å²) in [5.74, 6) is 5.37. The van der Waals surface area contributed by atoms with Gasteiger partial charge >= 0.3 is 5.97 Å². The molecule has 0 spiro atoms. The first kappa shape index (κ1) is 20.2. The molecule has 0 aliphatic heterocycles. The van der Waals surface area contributed by atoms with Crippen molar-refractivity contribution in [2.45, 2.75) is 57.0 Å². The first-order valence-corrected chi connectivity index (χ1v) is 9.82. The van der Waals surface area contributed by atoms with Crippen molar-refractivity contribution in [1.29, 1.82) is 0 Å². The number of aliphatic carboxylic acids is 1. The molecule has 1 aliphatic rings. The van der Waals surface area contributed by atoms with Gasteiger partial charge in [-0.1, -0.05) is 75.1 Å². The van der Waals surface area contributed by atoms with Crippen LogP contribution in [0, 0.1) is 11.8 Å². The first-order valence-electron chi connectivity index (χ1n) is 9.82. The number of hydrogen-bond acceptors (Lipinski definition) is 2. The topological polar surface area (TPSA) is 46.5 Å². The van der Waals surface area contributed by atoms with Gasteiger partial charge in [0.15, 0.2) is 5.41 Å². The molecule has 0 radical (unpaired) electrons. The Hall–Kier alpha value is -2.57. The maximum absolute atomic E-state index is 12.6. The van der Waals surface area contributed by atoms with Crippen molar-refractivity contribution in [2.24, 2.45) is 0 Å². The summed E-state index contributed by atoms with van der Waals surface area (Å²) in [5.41, 5.74) is 0.510. The number of carbonyl (C=O) groups is 1. The van der Waals surface area contributed by atoms with Crippen molar-refractivity contribution >= 4 is 5.97 Å². The monoisotopic (exact) mass is 376 g/mol. The van der Waals surface area contributed by atoms with Crippen LogP contribution >= 0.6 is 0 Å². The standard InChI is InChI=1S/C25H28O3/c1-5-28-24(16-17-24)25(22(26)27,20-11-7-6-8-12-20)15-14-19-10-9-13-21(18-19)23(2,3)4/h6-13,18H,5,16-17H2,1-4H3,(H,26,27). The molecule has 1 atom stereocenters. The molecular weight excluding hydrogens is 348 g/mol. The Bertz CT molecular complexity index is 908. The normalized spacial score (nSPS) is 17.1. The second-order valence-electron chi connectivity index (χ2n) is 8.43. The summed E-state index contributed by atoms with van der Waals surface area (Å²) in [6.07, 6.45) is 1.39. The lowest BCUT2D eigenvalue weighted by Crippen LogP contribution is -2.49. The SMILES string of the molecule is CCOC1(C(C#Cc2cccc(C(C)(C)C)c2)(C(=O)O)c2ccccc2)CC1. The minimum atomic E-state index is -1.39. The van der Waals surface area contributed by atoms with Gasteiger partial charge in [0.05, 0.1) is 5.60 Å². The minimum absolute atomic E-state index is 0.00401. The summed E-state index contributed by atoms with van der Waals surface area (Å²) >= 11 is 0. The molecule has 3 heteroatoms. The number of carboxylic acids is 1. The molecule has 1 aliphatic carbocycles. The highest BCUT2D eigenvalue weighted by atomic mass is 16.5. The van der Waals surface area contributed by atoms with Crippen molar-refractivity contribution < 1.29 is 14.6 Å². The number of ether oxygens (including phenoxy) is 1. The molecule has 0 bridgehead atoms. The Kier molecular flexibility index (Phi) is 5.37.